The van der Waals surface area contributed by atoms with Crippen LogP contribution in [-0.4, -0.2) is 12.5 Å². The van der Waals surface area contributed by atoms with E-state index in [-0.39, 0.29) is 24.0 Å². The van der Waals surface area contributed by atoms with Gasteiger partial charge in [0, 0.05) is 29.5 Å². The second-order valence-electron chi connectivity index (χ2n) is 6.02. The lowest BCUT2D eigenvalue weighted by Gasteiger charge is -2.42. The fraction of sp³-hybridized carbons (Fsp3) is 0.389. The zero-order valence-electron chi connectivity index (χ0n) is 12.9. The van der Waals surface area contributed by atoms with Crippen LogP contribution in [0.1, 0.15) is 43.2 Å². The molecule has 3 atom stereocenters. The van der Waals surface area contributed by atoms with Gasteiger partial charge in [-0.05, 0) is 36.8 Å². The predicted molar refractivity (Wildman–Crippen MR) is 87.5 cm³/mol. The van der Waals surface area contributed by atoms with E-state index < -0.39 is 0 Å². The van der Waals surface area contributed by atoms with E-state index in [0.29, 0.717) is 18.1 Å². The van der Waals surface area contributed by atoms with E-state index in [1.165, 1.54) is 0 Å². The number of hydrogen-bond acceptors (Lipinski definition) is 3. The number of halogens is 1. The van der Waals surface area contributed by atoms with E-state index in [4.69, 9.17) is 20.8 Å². The highest BCUT2D eigenvalue weighted by Gasteiger charge is 2.48. The minimum atomic E-state index is -0.126. The summed E-state index contributed by atoms with van der Waals surface area (Å²) >= 11 is 6.19. The van der Waals surface area contributed by atoms with Crippen LogP contribution in [0.15, 0.2) is 41.0 Å². The number of anilines is 1. The fourth-order valence-electron chi connectivity index (χ4n) is 3.82. The molecule has 2 aliphatic rings. The van der Waals surface area contributed by atoms with Gasteiger partial charge in [0.15, 0.2) is 0 Å². The van der Waals surface area contributed by atoms with E-state index in [9.17, 15) is 4.79 Å². The Bertz CT molecular complexity index is 728. The Morgan fingerprint density at radius 2 is 2.26 bits per heavy atom. The predicted octanol–water partition coefficient (Wildman–Crippen LogP) is 4.51. The monoisotopic (exact) mass is 331 g/mol. The molecule has 0 unspecified atom stereocenters. The van der Waals surface area contributed by atoms with E-state index in [1.54, 1.807) is 6.26 Å². The number of rotatable bonds is 2. The molecule has 0 N–H and O–H groups in total. The Morgan fingerprint density at radius 1 is 1.39 bits per heavy atom. The van der Waals surface area contributed by atoms with Crippen LogP contribution in [0.5, 0.6) is 0 Å². The second-order valence-corrected chi connectivity index (χ2v) is 6.46. The van der Waals surface area contributed by atoms with Crippen molar-refractivity contribution in [1.82, 2.24) is 0 Å². The van der Waals surface area contributed by atoms with Crippen LogP contribution >= 0.6 is 11.6 Å². The van der Waals surface area contributed by atoms with Crippen molar-refractivity contribution >= 4 is 23.2 Å². The van der Waals surface area contributed by atoms with Crippen LogP contribution in [0, 0.1) is 5.92 Å². The van der Waals surface area contributed by atoms with Crippen LogP contribution in [0.3, 0.4) is 0 Å². The third kappa shape index (κ3) is 2.28. The minimum Gasteiger partial charge on any atom is -0.467 e. The molecule has 0 radical (unpaired) electrons. The van der Waals surface area contributed by atoms with E-state index >= 15 is 0 Å². The number of fused-ring (bicyclic) bond motifs is 3. The van der Waals surface area contributed by atoms with Gasteiger partial charge in [0.1, 0.15) is 11.8 Å². The Hall–Kier alpha value is -1.78. The molecule has 0 aliphatic carbocycles. The van der Waals surface area contributed by atoms with E-state index in [2.05, 4.69) is 0 Å². The van der Waals surface area contributed by atoms with Gasteiger partial charge < -0.3 is 14.1 Å². The van der Waals surface area contributed by atoms with Crippen LogP contribution < -0.4 is 4.90 Å². The summed E-state index contributed by atoms with van der Waals surface area (Å²) in [7, 11) is 0. The summed E-state index contributed by atoms with van der Waals surface area (Å²) in [5, 5.41) is 0.665. The molecule has 4 rings (SSSR count). The number of nitrogens with zero attached hydrogens (tertiary/aromatic N) is 1. The Kier molecular flexibility index (Phi) is 3.66. The quantitative estimate of drug-likeness (QED) is 0.813. The maximum absolute atomic E-state index is 12.7. The lowest BCUT2D eigenvalue weighted by molar-refractivity contribution is -0.119. The van der Waals surface area contributed by atoms with Crippen molar-refractivity contribution in [2.75, 3.05) is 11.5 Å². The van der Waals surface area contributed by atoms with E-state index in [1.807, 2.05) is 42.2 Å². The van der Waals surface area contributed by atoms with Crippen molar-refractivity contribution in [2.24, 2.45) is 5.92 Å². The first-order valence-electron chi connectivity index (χ1n) is 7.97. The maximum Gasteiger partial charge on any atom is 0.227 e. The highest BCUT2D eigenvalue weighted by atomic mass is 35.5. The Labute approximate surface area is 140 Å². The van der Waals surface area contributed by atoms with Crippen LogP contribution in [0.4, 0.5) is 5.69 Å². The van der Waals surface area contributed by atoms with Crippen molar-refractivity contribution in [1.29, 1.82) is 0 Å². The summed E-state index contributed by atoms with van der Waals surface area (Å²) in [5.74, 6) is 1.08. The summed E-state index contributed by atoms with van der Waals surface area (Å²) < 4.78 is 11.7. The molecule has 0 bridgehead atoms. The Morgan fingerprint density at radius 3 is 3.00 bits per heavy atom. The number of carbonyl (C=O) groups is 1. The molecule has 2 aliphatic heterocycles. The van der Waals surface area contributed by atoms with Gasteiger partial charge >= 0.3 is 0 Å². The number of hydrogen-bond donors (Lipinski definition) is 0. The molecule has 1 amide bonds. The normalized spacial score (nSPS) is 26.0. The van der Waals surface area contributed by atoms with Crippen molar-refractivity contribution in [2.45, 2.75) is 31.9 Å². The van der Waals surface area contributed by atoms with Crippen molar-refractivity contribution in [3.8, 4) is 0 Å². The Balaban J connectivity index is 1.91. The molecule has 23 heavy (non-hydrogen) atoms. The highest BCUT2D eigenvalue weighted by molar-refractivity contribution is 6.30. The second kappa shape index (κ2) is 5.69. The molecule has 4 nitrogen and oxygen atoms in total. The van der Waals surface area contributed by atoms with Gasteiger partial charge in [0.05, 0.1) is 18.1 Å². The average molecular weight is 332 g/mol. The molecular weight excluding hydrogens is 314 g/mol. The number of ether oxygens (including phenoxy) is 1. The van der Waals surface area contributed by atoms with Crippen molar-refractivity contribution in [3.05, 3.63) is 52.9 Å². The maximum atomic E-state index is 12.7. The third-order valence-electron chi connectivity index (χ3n) is 4.78. The SMILES string of the molecule is CCC(=O)N1c2ccc(Cl)cc2[C@@H]2OCC[C@H]2[C@H]1c1ccco1. The van der Waals surface area contributed by atoms with Gasteiger partial charge in [0.2, 0.25) is 5.91 Å². The summed E-state index contributed by atoms with van der Waals surface area (Å²) in [4.78, 5) is 14.6. The average Bonchev–Trinajstić information content (AvgIpc) is 3.24. The van der Waals surface area contributed by atoms with E-state index in [0.717, 1.165) is 23.4 Å². The largest absolute Gasteiger partial charge is 0.467 e. The molecule has 1 fully saturated rings. The molecule has 5 heteroatoms. The summed E-state index contributed by atoms with van der Waals surface area (Å²) in [6.07, 6.45) is 2.96. The first kappa shape index (κ1) is 14.8. The van der Waals surface area contributed by atoms with Gasteiger partial charge in [-0.3, -0.25) is 4.79 Å². The number of carbonyl (C=O) groups excluding carboxylic acids is 1. The molecule has 120 valence electrons. The number of furan rings is 1. The van der Waals surface area contributed by atoms with Crippen LogP contribution in [0.2, 0.25) is 5.02 Å². The standard InChI is InChI=1S/C18H18ClNO3/c1-2-16(21)20-14-6-5-11(19)10-13(14)18-12(7-9-23-18)17(20)15-4-3-8-22-15/h3-6,8,10,12,17-18H,2,7,9H2,1H3/t12-,17-,18+/m0/s1. The molecule has 1 aromatic heterocycles. The molecule has 0 saturated carbocycles. The first-order valence-corrected chi connectivity index (χ1v) is 8.35. The molecule has 2 aromatic rings. The van der Waals surface area contributed by atoms with Gasteiger partial charge in [0.25, 0.3) is 0 Å². The third-order valence-corrected chi connectivity index (χ3v) is 5.02. The summed E-state index contributed by atoms with van der Waals surface area (Å²) in [5.41, 5.74) is 1.88. The number of amides is 1. The van der Waals surface area contributed by atoms with Gasteiger partial charge in [-0.2, -0.15) is 0 Å². The molecule has 0 spiro atoms. The fourth-order valence-corrected chi connectivity index (χ4v) is 4.00. The lowest BCUT2D eigenvalue weighted by Crippen LogP contribution is -2.43. The summed E-state index contributed by atoms with van der Waals surface area (Å²) in [6.45, 7) is 2.57. The molecular formula is C18H18ClNO3. The zero-order chi connectivity index (χ0) is 16.0. The zero-order valence-corrected chi connectivity index (χ0v) is 13.6. The van der Waals surface area contributed by atoms with Crippen LogP contribution in [-0.2, 0) is 9.53 Å². The first-order chi connectivity index (χ1) is 11.2. The number of benzene rings is 1. The molecule has 1 saturated heterocycles. The van der Waals surface area contributed by atoms with Crippen LogP contribution in [0.25, 0.3) is 0 Å². The van der Waals surface area contributed by atoms with Crippen molar-refractivity contribution < 1.29 is 13.9 Å². The van der Waals surface area contributed by atoms with Crippen molar-refractivity contribution in [3.63, 3.8) is 0 Å². The smallest absolute Gasteiger partial charge is 0.227 e. The minimum absolute atomic E-state index is 0.0419. The topological polar surface area (TPSA) is 42.7 Å². The van der Waals surface area contributed by atoms with Gasteiger partial charge in [-0.1, -0.05) is 18.5 Å². The molecule has 3 heterocycles. The highest BCUT2D eigenvalue weighted by Crippen LogP contribution is 2.53. The van der Waals surface area contributed by atoms with Gasteiger partial charge in [-0.15, -0.1) is 0 Å². The van der Waals surface area contributed by atoms with Gasteiger partial charge in [-0.25, -0.2) is 0 Å². The summed E-state index contributed by atoms with van der Waals surface area (Å²) in [6, 6.07) is 9.35. The lowest BCUT2D eigenvalue weighted by atomic mass is 9.81. The molecule has 1 aromatic carbocycles.